The van der Waals surface area contributed by atoms with Crippen LogP contribution in [0.15, 0.2) is 18.2 Å². The second kappa shape index (κ2) is 5.88. The fourth-order valence-corrected chi connectivity index (χ4v) is 2.01. The highest BCUT2D eigenvalue weighted by Gasteiger charge is 2.36. The highest BCUT2D eigenvalue weighted by atomic mass is 35.5. The number of alkyl carbamates (subject to hydrolysis) is 1. The van der Waals surface area contributed by atoms with Crippen molar-refractivity contribution in [2.75, 3.05) is 6.61 Å². The monoisotopic (exact) mass is 315 g/mol. The Kier molecular flexibility index (Phi) is 4.92. The number of carbonyl (C=O) groups is 1. The van der Waals surface area contributed by atoms with Crippen molar-refractivity contribution in [3.05, 3.63) is 34.3 Å². The first-order valence-electron chi connectivity index (χ1n) is 5.18. The van der Waals surface area contributed by atoms with Gasteiger partial charge in [-0.1, -0.05) is 17.7 Å². The highest BCUT2D eigenvalue weighted by molar-refractivity contribution is 6.30. The normalized spacial score (nSPS) is 19.2. The molecule has 1 aliphatic heterocycles. The summed E-state index contributed by atoms with van der Waals surface area (Å²) in [6, 6.07) is 2.80. The Bertz CT molecular complexity index is 479. The number of alkyl halides is 3. The zero-order valence-electron chi connectivity index (χ0n) is 9.46. The summed E-state index contributed by atoms with van der Waals surface area (Å²) in [6.07, 6.45) is -4.94. The van der Waals surface area contributed by atoms with Crippen LogP contribution in [0.1, 0.15) is 23.6 Å². The number of hydrogen-bond donors (Lipinski definition) is 1. The molecule has 1 saturated heterocycles. The molecule has 1 heterocycles. The molecule has 106 valence electrons. The third-order valence-electron chi connectivity index (χ3n) is 2.63. The van der Waals surface area contributed by atoms with Crippen molar-refractivity contribution in [1.82, 2.24) is 5.32 Å². The zero-order valence-corrected chi connectivity index (χ0v) is 11.0. The molecule has 1 aliphatic rings. The van der Waals surface area contributed by atoms with Crippen LogP contribution in [0.4, 0.5) is 18.0 Å². The van der Waals surface area contributed by atoms with Crippen molar-refractivity contribution < 1.29 is 22.7 Å². The highest BCUT2D eigenvalue weighted by Crippen LogP contribution is 2.37. The lowest BCUT2D eigenvalue weighted by atomic mass is 9.97. The average molecular weight is 316 g/mol. The van der Waals surface area contributed by atoms with Crippen LogP contribution in [-0.4, -0.2) is 12.7 Å². The van der Waals surface area contributed by atoms with E-state index in [0.717, 1.165) is 6.07 Å². The number of amides is 1. The minimum absolute atomic E-state index is 0. The first-order valence-corrected chi connectivity index (χ1v) is 5.55. The van der Waals surface area contributed by atoms with E-state index >= 15 is 0 Å². The Labute approximate surface area is 118 Å². The number of benzene rings is 1. The SMILES string of the molecule is Cl.O=C1N[C@@H](c2ccc(Cl)cc2C(F)(F)F)CCO1. The summed E-state index contributed by atoms with van der Waals surface area (Å²) in [7, 11) is 0. The van der Waals surface area contributed by atoms with Gasteiger partial charge in [0.2, 0.25) is 0 Å². The maximum Gasteiger partial charge on any atom is 0.416 e. The topological polar surface area (TPSA) is 38.3 Å². The molecule has 0 spiro atoms. The summed E-state index contributed by atoms with van der Waals surface area (Å²) in [6.45, 7) is 0.0937. The Morgan fingerprint density at radius 3 is 2.63 bits per heavy atom. The van der Waals surface area contributed by atoms with Crippen molar-refractivity contribution in [3.63, 3.8) is 0 Å². The van der Waals surface area contributed by atoms with E-state index < -0.39 is 23.9 Å². The van der Waals surface area contributed by atoms with Crippen LogP contribution in [0.2, 0.25) is 5.02 Å². The fourth-order valence-electron chi connectivity index (χ4n) is 1.84. The molecule has 1 aromatic carbocycles. The van der Waals surface area contributed by atoms with Crippen molar-refractivity contribution >= 4 is 30.1 Å². The Morgan fingerprint density at radius 1 is 1.37 bits per heavy atom. The summed E-state index contributed by atoms with van der Waals surface area (Å²) in [5.41, 5.74) is -0.828. The predicted octanol–water partition coefficient (Wildman–Crippen LogP) is 3.95. The quantitative estimate of drug-likeness (QED) is 0.852. The van der Waals surface area contributed by atoms with Crippen LogP contribution >= 0.6 is 24.0 Å². The number of nitrogens with one attached hydrogen (secondary N) is 1. The fraction of sp³-hybridized carbons (Fsp3) is 0.364. The van der Waals surface area contributed by atoms with Gasteiger partial charge in [-0.2, -0.15) is 13.2 Å². The maximum atomic E-state index is 12.9. The Morgan fingerprint density at radius 2 is 2.05 bits per heavy atom. The molecule has 0 radical (unpaired) electrons. The van der Waals surface area contributed by atoms with Crippen LogP contribution in [0.3, 0.4) is 0 Å². The van der Waals surface area contributed by atoms with E-state index in [4.69, 9.17) is 11.6 Å². The molecular formula is C11H10Cl2F3NO2. The molecule has 8 heteroatoms. The van der Waals surface area contributed by atoms with Crippen molar-refractivity contribution in [2.45, 2.75) is 18.6 Å². The van der Waals surface area contributed by atoms with Gasteiger partial charge in [-0.3, -0.25) is 0 Å². The van der Waals surface area contributed by atoms with Crippen molar-refractivity contribution in [1.29, 1.82) is 0 Å². The van der Waals surface area contributed by atoms with Gasteiger partial charge in [0.25, 0.3) is 0 Å². The van der Waals surface area contributed by atoms with E-state index in [2.05, 4.69) is 10.1 Å². The molecule has 0 bridgehead atoms. The van der Waals surface area contributed by atoms with Gasteiger partial charge in [0, 0.05) is 11.4 Å². The van der Waals surface area contributed by atoms with Gasteiger partial charge in [-0.05, 0) is 17.7 Å². The third kappa shape index (κ3) is 3.67. The number of carbonyl (C=O) groups excluding carboxylic acids is 1. The van der Waals surface area contributed by atoms with Crippen molar-refractivity contribution in [3.8, 4) is 0 Å². The van der Waals surface area contributed by atoms with E-state index in [9.17, 15) is 18.0 Å². The van der Waals surface area contributed by atoms with Crippen LogP contribution in [0, 0.1) is 0 Å². The van der Waals surface area contributed by atoms with Gasteiger partial charge >= 0.3 is 12.3 Å². The van der Waals surface area contributed by atoms with Crippen LogP contribution in [0.5, 0.6) is 0 Å². The van der Waals surface area contributed by atoms with Gasteiger partial charge in [0.05, 0.1) is 18.2 Å². The number of halogens is 5. The largest absolute Gasteiger partial charge is 0.449 e. The van der Waals surface area contributed by atoms with Gasteiger partial charge < -0.3 is 10.1 Å². The van der Waals surface area contributed by atoms with Gasteiger partial charge in [0.1, 0.15) is 0 Å². The molecule has 1 aromatic rings. The van der Waals surface area contributed by atoms with Crippen molar-refractivity contribution in [2.24, 2.45) is 0 Å². The van der Waals surface area contributed by atoms with Crippen LogP contribution in [0.25, 0.3) is 0 Å². The molecule has 3 nitrogen and oxygen atoms in total. The molecule has 0 saturated carbocycles. The minimum Gasteiger partial charge on any atom is -0.449 e. The molecule has 1 fully saturated rings. The lowest BCUT2D eigenvalue weighted by molar-refractivity contribution is -0.138. The van der Waals surface area contributed by atoms with E-state index in [1.807, 2.05) is 0 Å². The predicted molar refractivity (Wildman–Crippen MR) is 65.5 cm³/mol. The molecule has 1 amide bonds. The second-order valence-corrected chi connectivity index (χ2v) is 4.29. The summed E-state index contributed by atoms with van der Waals surface area (Å²) in [4.78, 5) is 11.0. The van der Waals surface area contributed by atoms with E-state index in [1.54, 1.807) is 0 Å². The van der Waals surface area contributed by atoms with E-state index in [0.29, 0.717) is 0 Å². The number of hydrogen-bond acceptors (Lipinski definition) is 2. The third-order valence-corrected chi connectivity index (χ3v) is 2.86. The second-order valence-electron chi connectivity index (χ2n) is 3.85. The number of rotatable bonds is 1. The molecule has 0 unspecified atom stereocenters. The molecule has 1 N–H and O–H groups in total. The molecule has 2 rings (SSSR count). The minimum atomic E-state index is -4.51. The van der Waals surface area contributed by atoms with E-state index in [-0.39, 0.29) is 36.0 Å². The van der Waals surface area contributed by atoms with Gasteiger partial charge in [-0.25, -0.2) is 4.79 Å². The lowest BCUT2D eigenvalue weighted by Crippen LogP contribution is -2.36. The van der Waals surface area contributed by atoms with Gasteiger partial charge in [-0.15, -0.1) is 12.4 Å². The number of ether oxygens (including phenoxy) is 1. The maximum absolute atomic E-state index is 12.9. The summed E-state index contributed by atoms with van der Waals surface area (Å²) in [5, 5.41) is 2.36. The molecule has 0 aliphatic carbocycles. The summed E-state index contributed by atoms with van der Waals surface area (Å²) >= 11 is 5.58. The Balaban J connectivity index is 0.00000180. The summed E-state index contributed by atoms with van der Waals surface area (Å²) < 4.78 is 43.3. The van der Waals surface area contributed by atoms with Crippen LogP contribution < -0.4 is 5.32 Å². The van der Waals surface area contributed by atoms with E-state index in [1.165, 1.54) is 12.1 Å². The molecule has 1 atom stereocenters. The standard InChI is InChI=1S/C11H9ClF3NO2.ClH/c12-6-1-2-7(8(5-6)11(13,14)15)9-3-4-18-10(17)16-9;/h1-2,5,9H,3-4H2,(H,16,17);1H/t9-;/m1./s1. The summed E-state index contributed by atoms with van der Waals surface area (Å²) in [5.74, 6) is 0. The smallest absolute Gasteiger partial charge is 0.416 e. The first-order chi connectivity index (χ1) is 8.38. The Hall–Kier alpha value is -1.14. The van der Waals surface area contributed by atoms with Crippen LogP contribution in [-0.2, 0) is 10.9 Å². The molecule has 0 aromatic heterocycles. The zero-order chi connectivity index (χ0) is 13.3. The molecule has 19 heavy (non-hydrogen) atoms. The lowest BCUT2D eigenvalue weighted by Gasteiger charge is -2.26. The number of cyclic esters (lactones) is 1. The average Bonchev–Trinajstić information content (AvgIpc) is 2.27. The molecular weight excluding hydrogens is 306 g/mol. The van der Waals surface area contributed by atoms with Gasteiger partial charge in [0.15, 0.2) is 0 Å². The first kappa shape index (κ1) is 15.9.